The first-order chi connectivity index (χ1) is 9.43. The zero-order valence-corrected chi connectivity index (χ0v) is 12.6. The number of imidazole rings is 1. The number of carboxylic acid groups (broad SMARTS) is 1. The van der Waals surface area contributed by atoms with E-state index in [0.29, 0.717) is 10.7 Å². The zero-order chi connectivity index (χ0) is 14.9. The minimum atomic E-state index is -0.915. The Morgan fingerprint density at radius 2 is 2.30 bits per heavy atom. The van der Waals surface area contributed by atoms with Gasteiger partial charge in [-0.3, -0.25) is 4.79 Å². The van der Waals surface area contributed by atoms with Gasteiger partial charge in [-0.2, -0.15) is 0 Å². The third-order valence-electron chi connectivity index (χ3n) is 3.06. The van der Waals surface area contributed by atoms with Crippen molar-refractivity contribution in [1.82, 2.24) is 9.55 Å². The fourth-order valence-electron chi connectivity index (χ4n) is 1.90. The van der Waals surface area contributed by atoms with E-state index in [-0.39, 0.29) is 16.8 Å². The van der Waals surface area contributed by atoms with Gasteiger partial charge in [0.05, 0.1) is 21.8 Å². The molecule has 0 amide bonds. The topological polar surface area (TPSA) is 55.1 Å². The SMILES string of the molecule is CCC(C)n1c(SCC(=O)O)nc2cc(F)c(Cl)cc21. The summed E-state index contributed by atoms with van der Waals surface area (Å²) >= 11 is 6.95. The second-order valence-corrected chi connectivity index (χ2v) is 5.81. The van der Waals surface area contributed by atoms with Crippen LogP contribution in [-0.4, -0.2) is 26.4 Å². The van der Waals surface area contributed by atoms with Crippen LogP contribution < -0.4 is 0 Å². The van der Waals surface area contributed by atoms with E-state index >= 15 is 0 Å². The highest BCUT2D eigenvalue weighted by molar-refractivity contribution is 7.99. The Morgan fingerprint density at radius 1 is 1.60 bits per heavy atom. The van der Waals surface area contributed by atoms with E-state index in [1.54, 1.807) is 0 Å². The average molecular weight is 317 g/mol. The number of rotatable bonds is 5. The maximum atomic E-state index is 13.5. The molecule has 1 heterocycles. The summed E-state index contributed by atoms with van der Waals surface area (Å²) in [7, 11) is 0. The van der Waals surface area contributed by atoms with Crippen LogP contribution in [0.25, 0.3) is 11.0 Å². The highest BCUT2D eigenvalue weighted by atomic mass is 35.5. The maximum absolute atomic E-state index is 13.5. The van der Waals surface area contributed by atoms with Crippen molar-refractivity contribution < 1.29 is 14.3 Å². The van der Waals surface area contributed by atoms with Gasteiger partial charge in [-0.1, -0.05) is 30.3 Å². The van der Waals surface area contributed by atoms with Gasteiger partial charge in [0.1, 0.15) is 5.82 Å². The van der Waals surface area contributed by atoms with Crippen molar-refractivity contribution in [2.75, 3.05) is 5.75 Å². The summed E-state index contributed by atoms with van der Waals surface area (Å²) in [5.41, 5.74) is 1.21. The molecule has 0 saturated carbocycles. The predicted molar refractivity (Wildman–Crippen MR) is 78.1 cm³/mol. The average Bonchev–Trinajstić information content (AvgIpc) is 2.73. The van der Waals surface area contributed by atoms with Crippen LogP contribution in [0.2, 0.25) is 5.02 Å². The Labute approximate surface area is 124 Å². The molecule has 0 radical (unpaired) electrons. The lowest BCUT2D eigenvalue weighted by molar-refractivity contribution is -0.133. The first kappa shape index (κ1) is 15.1. The third kappa shape index (κ3) is 2.91. The minimum absolute atomic E-state index is 0.0386. The van der Waals surface area contributed by atoms with Gasteiger partial charge in [0, 0.05) is 12.1 Å². The maximum Gasteiger partial charge on any atom is 0.313 e. The molecular formula is C13H14ClFN2O2S. The molecule has 1 unspecified atom stereocenters. The molecule has 108 valence electrons. The number of benzene rings is 1. The number of aromatic nitrogens is 2. The quantitative estimate of drug-likeness (QED) is 0.848. The van der Waals surface area contributed by atoms with Gasteiger partial charge in [-0.15, -0.1) is 0 Å². The first-order valence-corrected chi connectivity index (χ1v) is 7.52. The number of carbonyl (C=O) groups is 1. The van der Waals surface area contributed by atoms with Gasteiger partial charge in [0.2, 0.25) is 0 Å². The van der Waals surface area contributed by atoms with Crippen molar-refractivity contribution in [2.24, 2.45) is 0 Å². The summed E-state index contributed by atoms with van der Waals surface area (Å²) in [4.78, 5) is 15.0. The van der Waals surface area contributed by atoms with Crippen molar-refractivity contribution in [3.63, 3.8) is 0 Å². The van der Waals surface area contributed by atoms with Gasteiger partial charge >= 0.3 is 5.97 Å². The van der Waals surface area contributed by atoms with Crippen LogP contribution in [0, 0.1) is 5.82 Å². The number of hydrogen-bond donors (Lipinski definition) is 1. The van der Waals surface area contributed by atoms with Gasteiger partial charge < -0.3 is 9.67 Å². The minimum Gasteiger partial charge on any atom is -0.481 e. The van der Waals surface area contributed by atoms with Crippen molar-refractivity contribution in [3.05, 3.63) is 23.0 Å². The molecule has 0 aliphatic carbocycles. The Kier molecular flexibility index (Phi) is 4.55. The van der Waals surface area contributed by atoms with Crippen LogP contribution in [0.5, 0.6) is 0 Å². The summed E-state index contributed by atoms with van der Waals surface area (Å²) in [6, 6.07) is 2.94. The molecule has 0 saturated heterocycles. The molecule has 0 fully saturated rings. The van der Waals surface area contributed by atoms with Gasteiger partial charge in [-0.05, 0) is 19.4 Å². The molecule has 2 rings (SSSR count). The van der Waals surface area contributed by atoms with E-state index in [4.69, 9.17) is 16.7 Å². The van der Waals surface area contributed by atoms with Crippen LogP contribution in [0.1, 0.15) is 26.3 Å². The summed E-state index contributed by atoms with van der Waals surface area (Å²) in [5, 5.41) is 9.39. The Morgan fingerprint density at radius 3 is 2.90 bits per heavy atom. The smallest absolute Gasteiger partial charge is 0.313 e. The Hall–Kier alpha value is -1.27. The fourth-order valence-corrected chi connectivity index (χ4v) is 2.90. The summed E-state index contributed by atoms with van der Waals surface area (Å²) in [6.45, 7) is 4.02. The van der Waals surface area contributed by atoms with Gasteiger partial charge in [0.15, 0.2) is 5.16 Å². The number of fused-ring (bicyclic) bond motifs is 1. The van der Waals surface area contributed by atoms with Gasteiger partial charge in [0.25, 0.3) is 0 Å². The van der Waals surface area contributed by atoms with E-state index in [1.807, 2.05) is 18.4 Å². The van der Waals surface area contributed by atoms with Crippen LogP contribution in [0.3, 0.4) is 0 Å². The number of thioether (sulfide) groups is 1. The second-order valence-electron chi connectivity index (χ2n) is 4.46. The molecule has 0 aliphatic rings. The standard InChI is InChI=1S/C13H14ClFN2O2S/c1-3-7(2)17-11-4-8(14)9(15)5-10(11)16-13(17)20-6-12(18)19/h4-5,7H,3,6H2,1-2H3,(H,18,19). The molecule has 7 heteroatoms. The molecule has 1 aromatic heterocycles. The first-order valence-electron chi connectivity index (χ1n) is 6.15. The largest absolute Gasteiger partial charge is 0.481 e. The Balaban J connectivity index is 2.57. The van der Waals surface area contributed by atoms with E-state index in [0.717, 1.165) is 23.7 Å². The predicted octanol–water partition coefficient (Wildman–Crippen LogP) is 3.98. The summed E-state index contributed by atoms with van der Waals surface area (Å²) in [5.74, 6) is -1.53. The summed E-state index contributed by atoms with van der Waals surface area (Å²) in [6.07, 6.45) is 0.848. The van der Waals surface area contributed by atoms with Gasteiger partial charge in [-0.25, -0.2) is 9.37 Å². The third-order valence-corrected chi connectivity index (χ3v) is 4.28. The number of hydrogen-bond acceptors (Lipinski definition) is 3. The molecular weight excluding hydrogens is 303 g/mol. The lowest BCUT2D eigenvalue weighted by Gasteiger charge is -2.15. The van der Waals surface area contributed by atoms with Crippen molar-refractivity contribution >= 4 is 40.4 Å². The lowest BCUT2D eigenvalue weighted by Crippen LogP contribution is -2.07. The lowest BCUT2D eigenvalue weighted by atomic mass is 10.2. The second kappa shape index (κ2) is 6.01. The summed E-state index contributed by atoms with van der Waals surface area (Å²) < 4.78 is 15.4. The Bertz CT molecular complexity index is 659. The molecule has 1 atom stereocenters. The molecule has 1 aromatic carbocycles. The molecule has 1 N–H and O–H groups in total. The van der Waals surface area contributed by atoms with E-state index < -0.39 is 11.8 Å². The highest BCUT2D eigenvalue weighted by Gasteiger charge is 2.18. The monoisotopic (exact) mass is 316 g/mol. The van der Waals surface area contributed by atoms with E-state index in [1.165, 1.54) is 12.1 Å². The number of nitrogens with zero attached hydrogens (tertiary/aromatic N) is 2. The molecule has 4 nitrogen and oxygen atoms in total. The van der Waals surface area contributed by atoms with E-state index in [9.17, 15) is 9.18 Å². The number of halogens is 2. The number of carboxylic acids is 1. The van der Waals surface area contributed by atoms with Crippen LogP contribution >= 0.6 is 23.4 Å². The van der Waals surface area contributed by atoms with Crippen molar-refractivity contribution in [3.8, 4) is 0 Å². The van der Waals surface area contributed by atoms with Crippen LogP contribution in [0.15, 0.2) is 17.3 Å². The normalized spacial score (nSPS) is 12.8. The zero-order valence-electron chi connectivity index (χ0n) is 11.1. The van der Waals surface area contributed by atoms with E-state index in [2.05, 4.69) is 4.98 Å². The molecule has 20 heavy (non-hydrogen) atoms. The van der Waals surface area contributed by atoms with Crippen LogP contribution in [0.4, 0.5) is 4.39 Å². The molecule has 0 bridgehead atoms. The number of aliphatic carboxylic acids is 1. The highest BCUT2D eigenvalue weighted by Crippen LogP contribution is 2.31. The molecule has 0 aliphatic heterocycles. The fraction of sp³-hybridized carbons (Fsp3) is 0.385. The molecule has 0 spiro atoms. The molecule has 2 aromatic rings. The van der Waals surface area contributed by atoms with Crippen LogP contribution in [-0.2, 0) is 4.79 Å². The van der Waals surface area contributed by atoms with Crippen molar-refractivity contribution in [2.45, 2.75) is 31.5 Å². The van der Waals surface area contributed by atoms with Crippen molar-refractivity contribution in [1.29, 1.82) is 0 Å².